The van der Waals surface area contributed by atoms with E-state index in [0.717, 1.165) is 41.9 Å². The summed E-state index contributed by atoms with van der Waals surface area (Å²) in [5.74, 6) is -0.599. The van der Waals surface area contributed by atoms with Gasteiger partial charge in [0.05, 0.1) is 26.5 Å². The largest absolute Gasteiger partial charge is 0.411 e. The number of nitrogens with zero attached hydrogens (tertiary/aromatic N) is 4. The average Bonchev–Trinajstić information content (AvgIpc) is 3.00. The van der Waals surface area contributed by atoms with Crippen molar-refractivity contribution in [2.75, 3.05) is 18.0 Å². The molecule has 2 aromatic heterocycles. The van der Waals surface area contributed by atoms with Gasteiger partial charge in [0.25, 0.3) is 0 Å². The van der Waals surface area contributed by atoms with Crippen LogP contribution in [0.3, 0.4) is 0 Å². The maximum atomic E-state index is 14.4. The third-order valence-electron chi connectivity index (χ3n) is 4.54. The van der Waals surface area contributed by atoms with E-state index in [0.29, 0.717) is 24.3 Å². The Bertz CT molecular complexity index is 1040. The van der Waals surface area contributed by atoms with Gasteiger partial charge in [0.1, 0.15) is 11.6 Å². The standard InChI is InChI=1S/C18H15ClF2N4OS.ClH/c19-12-9-13(20)11(8-14(12)21)17-22-15-4-7-27-16(15)18(23-17)25-5-1-2-10(24-26)3-6-25;/h4,7-9,26H,1-3,5-6H2;1H. The Morgan fingerprint density at radius 2 is 1.96 bits per heavy atom. The molecule has 148 valence electrons. The lowest BCUT2D eigenvalue weighted by molar-refractivity contribution is 0.316. The minimum Gasteiger partial charge on any atom is -0.411 e. The van der Waals surface area contributed by atoms with E-state index in [1.54, 1.807) is 0 Å². The van der Waals surface area contributed by atoms with Gasteiger partial charge in [0, 0.05) is 19.5 Å². The predicted molar refractivity (Wildman–Crippen MR) is 110 cm³/mol. The molecule has 1 aliphatic heterocycles. The first-order chi connectivity index (χ1) is 13.1. The van der Waals surface area contributed by atoms with Crippen LogP contribution in [0.25, 0.3) is 21.6 Å². The number of thiophene rings is 1. The van der Waals surface area contributed by atoms with Gasteiger partial charge in [-0.15, -0.1) is 23.7 Å². The molecule has 0 aliphatic carbocycles. The van der Waals surface area contributed by atoms with E-state index in [1.807, 2.05) is 11.4 Å². The molecule has 0 atom stereocenters. The molecule has 3 heterocycles. The second-order valence-corrected chi connectivity index (χ2v) is 7.58. The predicted octanol–water partition coefficient (Wildman–Crippen LogP) is 5.53. The van der Waals surface area contributed by atoms with Crippen LogP contribution >= 0.6 is 35.3 Å². The molecule has 0 radical (unpaired) electrons. The van der Waals surface area contributed by atoms with Crippen molar-refractivity contribution in [2.45, 2.75) is 19.3 Å². The number of rotatable bonds is 2. The van der Waals surface area contributed by atoms with Crippen LogP contribution in [-0.4, -0.2) is 34.0 Å². The van der Waals surface area contributed by atoms with E-state index in [-0.39, 0.29) is 28.8 Å². The topological polar surface area (TPSA) is 61.6 Å². The molecular formula is C18H16Cl2F2N4OS. The van der Waals surface area contributed by atoms with Gasteiger partial charge in [-0.3, -0.25) is 0 Å². The van der Waals surface area contributed by atoms with E-state index in [4.69, 9.17) is 16.8 Å². The van der Waals surface area contributed by atoms with Crippen molar-refractivity contribution in [2.24, 2.45) is 5.16 Å². The molecule has 1 aliphatic rings. The zero-order chi connectivity index (χ0) is 19.0. The molecule has 3 aromatic rings. The molecule has 1 N–H and O–H groups in total. The number of halogens is 4. The lowest BCUT2D eigenvalue weighted by atomic mass is 10.2. The summed E-state index contributed by atoms with van der Waals surface area (Å²) in [5.41, 5.74) is 1.40. The van der Waals surface area contributed by atoms with E-state index >= 15 is 0 Å². The summed E-state index contributed by atoms with van der Waals surface area (Å²) in [6, 6.07) is 3.79. The zero-order valence-electron chi connectivity index (χ0n) is 14.5. The Hall–Kier alpha value is -2.03. The monoisotopic (exact) mass is 444 g/mol. The summed E-state index contributed by atoms with van der Waals surface area (Å²) >= 11 is 7.15. The Morgan fingerprint density at radius 3 is 2.75 bits per heavy atom. The number of hydrogen-bond acceptors (Lipinski definition) is 6. The van der Waals surface area contributed by atoms with Crippen LogP contribution in [0.2, 0.25) is 5.02 Å². The van der Waals surface area contributed by atoms with Gasteiger partial charge in [-0.2, -0.15) is 0 Å². The fourth-order valence-electron chi connectivity index (χ4n) is 3.16. The van der Waals surface area contributed by atoms with Crippen molar-refractivity contribution in [3.05, 3.63) is 40.2 Å². The minimum atomic E-state index is -0.720. The van der Waals surface area contributed by atoms with E-state index in [9.17, 15) is 8.78 Å². The van der Waals surface area contributed by atoms with Crippen LogP contribution in [0, 0.1) is 11.6 Å². The summed E-state index contributed by atoms with van der Waals surface area (Å²) in [4.78, 5) is 11.0. The van der Waals surface area contributed by atoms with Gasteiger partial charge < -0.3 is 10.1 Å². The molecular weight excluding hydrogens is 429 g/mol. The van der Waals surface area contributed by atoms with Gasteiger partial charge in [-0.25, -0.2) is 18.7 Å². The Morgan fingerprint density at radius 1 is 1.14 bits per heavy atom. The van der Waals surface area contributed by atoms with Crippen molar-refractivity contribution in [1.82, 2.24) is 9.97 Å². The highest BCUT2D eigenvalue weighted by Crippen LogP contribution is 2.34. The lowest BCUT2D eigenvalue weighted by Crippen LogP contribution is -2.25. The van der Waals surface area contributed by atoms with Crippen molar-refractivity contribution < 1.29 is 14.0 Å². The fourth-order valence-corrected chi connectivity index (χ4v) is 4.16. The fraction of sp³-hybridized carbons (Fsp3) is 0.278. The van der Waals surface area contributed by atoms with Crippen LogP contribution in [0.4, 0.5) is 14.6 Å². The van der Waals surface area contributed by atoms with Crippen molar-refractivity contribution in [3.63, 3.8) is 0 Å². The second-order valence-electron chi connectivity index (χ2n) is 6.26. The van der Waals surface area contributed by atoms with Gasteiger partial charge in [0.15, 0.2) is 11.6 Å². The quantitative estimate of drug-likeness (QED) is 0.320. The molecule has 0 spiro atoms. The number of oxime groups is 1. The summed E-state index contributed by atoms with van der Waals surface area (Å²) in [7, 11) is 0. The summed E-state index contributed by atoms with van der Waals surface area (Å²) < 4.78 is 29.2. The Labute approximate surface area is 175 Å². The van der Waals surface area contributed by atoms with Gasteiger partial charge in [-0.1, -0.05) is 16.8 Å². The smallest absolute Gasteiger partial charge is 0.165 e. The summed E-state index contributed by atoms with van der Waals surface area (Å²) in [6.07, 6.45) is 2.15. The molecule has 0 amide bonds. The zero-order valence-corrected chi connectivity index (χ0v) is 16.9. The number of aromatic nitrogens is 2. The second kappa shape index (κ2) is 8.55. The van der Waals surface area contributed by atoms with E-state index in [1.165, 1.54) is 11.3 Å². The summed E-state index contributed by atoms with van der Waals surface area (Å²) in [6.45, 7) is 1.35. The molecule has 0 unspecified atom stereocenters. The van der Waals surface area contributed by atoms with Crippen LogP contribution in [-0.2, 0) is 0 Å². The summed E-state index contributed by atoms with van der Waals surface area (Å²) in [5, 5.41) is 14.0. The molecule has 1 aromatic carbocycles. The molecule has 0 bridgehead atoms. The lowest BCUT2D eigenvalue weighted by Gasteiger charge is -2.22. The van der Waals surface area contributed by atoms with Crippen LogP contribution in [0.5, 0.6) is 0 Å². The molecule has 1 saturated heterocycles. The number of hydrogen-bond donors (Lipinski definition) is 1. The van der Waals surface area contributed by atoms with Crippen LogP contribution in [0.1, 0.15) is 19.3 Å². The molecule has 28 heavy (non-hydrogen) atoms. The van der Waals surface area contributed by atoms with E-state index in [2.05, 4.69) is 20.0 Å². The Balaban J connectivity index is 0.00000225. The maximum absolute atomic E-state index is 14.4. The molecule has 10 heteroatoms. The van der Waals surface area contributed by atoms with E-state index < -0.39 is 11.6 Å². The van der Waals surface area contributed by atoms with Crippen LogP contribution in [0.15, 0.2) is 28.7 Å². The number of fused-ring (bicyclic) bond motifs is 1. The SMILES string of the molecule is Cl.ON=C1CCCN(c2nc(-c3cc(F)c(Cl)cc3F)nc3ccsc23)CC1. The molecule has 1 fully saturated rings. The van der Waals surface area contributed by atoms with Gasteiger partial charge in [0.2, 0.25) is 0 Å². The number of anilines is 1. The third-order valence-corrected chi connectivity index (χ3v) is 5.73. The van der Waals surface area contributed by atoms with Gasteiger partial charge >= 0.3 is 0 Å². The Kier molecular flexibility index (Phi) is 6.32. The van der Waals surface area contributed by atoms with Crippen molar-refractivity contribution in [1.29, 1.82) is 0 Å². The molecule has 0 saturated carbocycles. The van der Waals surface area contributed by atoms with Crippen LogP contribution < -0.4 is 4.90 Å². The molecule has 5 nitrogen and oxygen atoms in total. The highest BCUT2D eigenvalue weighted by Gasteiger charge is 2.21. The maximum Gasteiger partial charge on any atom is 0.165 e. The van der Waals surface area contributed by atoms with Crippen molar-refractivity contribution >= 4 is 57.1 Å². The highest BCUT2D eigenvalue weighted by atomic mass is 35.5. The number of benzene rings is 1. The third kappa shape index (κ3) is 3.90. The first-order valence-corrected chi connectivity index (χ1v) is 9.67. The minimum absolute atomic E-state index is 0. The molecule has 4 rings (SSSR count). The first kappa shape index (κ1) is 20.7. The highest BCUT2D eigenvalue weighted by molar-refractivity contribution is 7.17. The van der Waals surface area contributed by atoms with Gasteiger partial charge in [-0.05, 0) is 36.4 Å². The average molecular weight is 445 g/mol. The normalized spacial score (nSPS) is 16.2. The van der Waals surface area contributed by atoms with Crippen molar-refractivity contribution in [3.8, 4) is 11.4 Å². The first-order valence-electron chi connectivity index (χ1n) is 8.41.